The van der Waals surface area contributed by atoms with Gasteiger partial charge in [-0.05, 0) is 117 Å². The molecule has 1 saturated heterocycles. The van der Waals surface area contributed by atoms with Crippen LogP contribution in [0.3, 0.4) is 0 Å². The van der Waals surface area contributed by atoms with Crippen molar-refractivity contribution in [1.29, 1.82) is 0 Å². The van der Waals surface area contributed by atoms with Gasteiger partial charge in [-0.2, -0.15) is 44.6 Å². The number of carbonyl (C=O) groups is 2. The van der Waals surface area contributed by atoms with Crippen molar-refractivity contribution in [3.8, 4) is 33.8 Å². The number of likely N-dealkylation sites (N-methyl/N-ethyl adjacent to an activating group) is 1. The number of anilines is 2. The number of alkyl halides is 6. The molecule has 1 fully saturated rings. The van der Waals surface area contributed by atoms with E-state index in [1.54, 1.807) is 127 Å². The van der Waals surface area contributed by atoms with Gasteiger partial charge in [0.15, 0.2) is 0 Å². The fraction of sp³-hybridized carbons (Fsp3) is 0.311. The number of hydrogen-bond acceptors (Lipinski definition) is 18. The minimum atomic E-state index is -5.94. The van der Waals surface area contributed by atoms with E-state index >= 15 is 0 Å². The van der Waals surface area contributed by atoms with Crippen molar-refractivity contribution in [3.63, 3.8) is 0 Å². The Balaban J connectivity index is 1.09. The summed E-state index contributed by atoms with van der Waals surface area (Å²) in [4.78, 5) is 51.1. The first-order valence-electron chi connectivity index (χ1n) is 28.3. The van der Waals surface area contributed by atoms with Crippen LogP contribution in [0, 0.1) is 0 Å². The van der Waals surface area contributed by atoms with Gasteiger partial charge in [0.25, 0.3) is 11.9 Å². The minimum absolute atomic E-state index is 0.00878. The molecule has 4 aromatic carbocycles. The van der Waals surface area contributed by atoms with Crippen molar-refractivity contribution < 1.29 is 62.2 Å². The lowest BCUT2D eigenvalue weighted by molar-refractivity contribution is -0.0451. The Labute approximate surface area is 508 Å². The van der Waals surface area contributed by atoms with E-state index in [1.165, 1.54) is 18.2 Å². The molecule has 2 atom stereocenters. The summed E-state index contributed by atoms with van der Waals surface area (Å²) < 4.78 is 148. The number of azo groups is 2. The van der Waals surface area contributed by atoms with E-state index in [0.717, 1.165) is 5.57 Å². The highest BCUT2D eigenvalue weighted by atomic mass is 32.2. The number of ether oxygens (including phenoxy) is 2. The normalized spacial score (nSPS) is 17.3. The van der Waals surface area contributed by atoms with Gasteiger partial charge >= 0.3 is 43.0 Å². The van der Waals surface area contributed by atoms with E-state index in [1.807, 2.05) is 22.8 Å². The summed E-state index contributed by atoms with van der Waals surface area (Å²) in [7, 11) is -10.1. The zero-order valence-electron chi connectivity index (χ0n) is 48.3. The highest BCUT2D eigenvalue weighted by Crippen LogP contribution is 2.43. The maximum absolute atomic E-state index is 14.3. The highest BCUT2D eigenvalue weighted by Gasteiger charge is 2.49. The van der Waals surface area contributed by atoms with Gasteiger partial charge in [-0.25, -0.2) is 37.9 Å². The van der Waals surface area contributed by atoms with Crippen LogP contribution in [0.2, 0.25) is 0 Å². The number of esters is 2. The van der Waals surface area contributed by atoms with Crippen LogP contribution in [-0.2, 0) is 35.9 Å². The molecule has 20 nitrogen and oxygen atoms in total. The van der Waals surface area contributed by atoms with Crippen molar-refractivity contribution in [2.75, 3.05) is 49.5 Å². The van der Waals surface area contributed by atoms with Crippen LogP contribution in [0.15, 0.2) is 153 Å². The average molecular weight is 1270 g/mol. The number of hydrogen-bond donors (Lipinski definition) is 2. The van der Waals surface area contributed by atoms with Gasteiger partial charge in [-0.1, -0.05) is 91.0 Å². The van der Waals surface area contributed by atoms with E-state index < -0.39 is 60.8 Å². The van der Waals surface area contributed by atoms with E-state index in [2.05, 4.69) is 30.4 Å². The summed E-state index contributed by atoms with van der Waals surface area (Å²) in [5, 5.41) is 17.3. The molecular weight excluding hydrogens is 1210 g/mol. The number of benzene rings is 4. The molecule has 4 aliphatic rings. The number of piperidine rings is 1. The van der Waals surface area contributed by atoms with Gasteiger partial charge in [0.2, 0.25) is 0 Å². The largest absolute Gasteiger partial charge is 0.516 e. The number of nitrogens with one attached hydrogen (secondary N) is 2. The van der Waals surface area contributed by atoms with E-state index in [9.17, 15) is 52.8 Å². The summed E-state index contributed by atoms with van der Waals surface area (Å²) in [6, 6.07) is 24.0. The number of aromatic nitrogens is 4. The molecule has 2 N–H and O–H groups in total. The summed E-state index contributed by atoms with van der Waals surface area (Å²) in [5.41, 5.74) is -6.66. The lowest BCUT2D eigenvalue weighted by Gasteiger charge is -2.35. The molecule has 0 saturated carbocycles. The van der Waals surface area contributed by atoms with Crippen LogP contribution < -0.4 is 14.3 Å². The predicted molar refractivity (Wildman–Crippen MR) is 321 cm³/mol. The van der Waals surface area contributed by atoms with Gasteiger partial charge in [0, 0.05) is 54.8 Å². The minimum Gasteiger partial charge on any atom is -0.462 e. The van der Waals surface area contributed by atoms with Crippen molar-refractivity contribution >= 4 is 72.1 Å². The second-order valence-corrected chi connectivity index (χ2v) is 24.2. The third-order valence-corrected chi connectivity index (χ3v) is 17.2. The highest BCUT2D eigenvalue weighted by molar-refractivity contribution is 7.93. The first kappa shape index (κ1) is 63.0. The van der Waals surface area contributed by atoms with Crippen LogP contribution in [0.25, 0.3) is 44.9 Å². The van der Waals surface area contributed by atoms with E-state index in [0.29, 0.717) is 109 Å². The Morgan fingerprint density at radius 3 is 1.83 bits per heavy atom. The van der Waals surface area contributed by atoms with Crippen molar-refractivity contribution in [3.05, 3.63) is 161 Å². The van der Waals surface area contributed by atoms with Crippen LogP contribution in [0.1, 0.15) is 90.4 Å². The smallest absolute Gasteiger partial charge is 0.462 e. The van der Waals surface area contributed by atoms with Crippen molar-refractivity contribution in [1.82, 2.24) is 29.6 Å². The lowest BCUT2D eigenvalue weighted by Crippen LogP contribution is -2.48. The number of allylic oxidation sites excluding steroid dienone is 5. The van der Waals surface area contributed by atoms with Gasteiger partial charge in [-0.15, -0.1) is 15.3 Å². The van der Waals surface area contributed by atoms with Gasteiger partial charge < -0.3 is 19.3 Å². The molecule has 0 spiro atoms. The molecule has 0 radical (unpaired) electrons. The summed E-state index contributed by atoms with van der Waals surface area (Å²) in [5.74, 6) is -2.30. The summed E-state index contributed by atoms with van der Waals surface area (Å²) in [6.45, 7) is 6.66. The number of rotatable bonds is 18. The van der Waals surface area contributed by atoms with Crippen molar-refractivity contribution in [2.45, 2.75) is 82.4 Å². The molecule has 2 aliphatic carbocycles. The molecule has 0 amide bonds. The molecule has 89 heavy (non-hydrogen) atoms. The third kappa shape index (κ3) is 13.7. The molecule has 2 aromatic heterocycles. The molecule has 4 heterocycles. The first-order chi connectivity index (χ1) is 42.5. The Morgan fingerprint density at radius 2 is 1.21 bits per heavy atom. The second-order valence-electron chi connectivity index (χ2n) is 20.8. The third-order valence-electron chi connectivity index (χ3n) is 15.0. The van der Waals surface area contributed by atoms with Gasteiger partial charge in [0.05, 0.1) is 47.7 Å². The fourth-order valence-electron chi connectivity index (χ4n) is 10.8. The Kier molecular flexibility index (Phi) is 18.4. The standard InChI is InChI=1S/C61H58F6N12O8S2/c1-5-79-29-17-27-41-33-45(47(35-49(41)79)77-89(84,85)61(65,66)67)73-75-59-69-53(37-20-12-9-13-21-37)51(57(81)87-7-3)55(71-59)43-25-15-23-39(31-43)38-22-14-24-42(30-38)54-50(56(80)86-6-2)52(36-18-10-8-11-19-36)68-58(70-54)74-72-44-32-40-26-16-28-78(4)48(40)34-46(44)76-88(82,83)60(62,63)64/h8-13,15,18-21,23-25,30-35,44,46,76-77H,5-7,14,16-17,22,26-29H2,1-4H3. The lowest BCUT2D eigenvalue weighted by atomic mass is 9.89. The van der Waals surface area contributed by atoms with Crippen LogP contribution in [0.5, 0.6) is 0 Å². The molecule has 464 valence electrons. The number of sulfonamides is 2. The number of nitrogens with zero attached hydrogens (tertiary/aromatic N) is 10. The van der Waals surface area contributed by atoms with Crippen LogP contribution in [-0.4, -0.2) is 117 Å². The van der Waals surface area contributed by atoms with Crippen molar-refractivity contribution in [2.24, 2.45) is 20.5 Å². The molecule has 2 aliphatic heterocycles. The Morgan fingerprint density at radius 1 is 0.640 bits per heavy atom. The topological polar surface area (TPSA) is 252 Å². The number of carbonyl (C=O) groups excluding carboxylic acids is 2. The first-order valence-corrected chi connectivity index (χ1v) is 31.3. The molecule has 10 rings (SSSR count). The zero-order chi connectivity index (χ0) is 63.4. The quantitative estimate of drug-likeness (QED) is 0.0461. The second kappa shape index (κ2) is 26.0. The van der Waals surface area contributed by atoms with E-state index in [-0.39, 0.29) is 64.7 Å². The van der Waals surface area contributed by atoms with Gasteiger partial charge in [-0.3, -0.25) is 4.72 Å². The summed E-state index contributed by atoms with van der Waals surface area (Å²) in [6.07, 6.45) is 9.82. The predicted octanol–water partition coefficient (Wildman–Crippen LogP) is 13.1. The number of halogens is 6. The molecule has 6 aromatic rings. The monoisotopic (exact) mass is 1260 g/mol. The SMILES string of the molecule is CCOC(=O)c1c(C2=CCCC(c3cccc(-c4nc(N=Nc5cc6c(cc5NS(=O)(=O)C(F)(F)F)N(CC)CCC6)nc(-c5ccccc5)c4C(=O)OCC)c3)=C2)nc(N=NC2C=C3CCCN(C)C3=CC2NS(=O)(=O)C(F)(F)F)nc1-c1ccccc1. The maximum atomic E-state index is 14.3. The van der Waals surface area contributed by atoms with E-state index in [4.69, 9.17) is 19.4 Å². The van der Waals surface area contributed by atoms with Crippen LogP contribution >= 0.6 is 0 Å². The molecule has 28 heteroatoms. The maximum Gasteiger partial charge on any atom is 0.516 e. The zero-order valence-corrected chi connectivity index (χ0v) is 49.9. The Bertz CT molecular complexity index is 4160. The number of aryl methyl sites for hydroxylation is 1. The van der Waals surface area contributed by atoms with Gasteiger partial charge in [0.1, 0.15) is 22.9 Å². The number of fused-ring (bicyclic) bond motifs is 2. The fourth-order valence-corrected chi connectivity index (χ4v) is 12.1. The molecule has 0 bridgehead atoms. The van der Waals surface area contributed by atoms with Crippen LogP contribution in [0.4, 0.5) is 55.3 Å². The Hall–Kier alpha value is -9.02. The number of likely N-dealkylation sites (tertiary alicyclic amines) is 1. The molecule has 2 unspecified atom stereocenters. The summed E-state index contributed by atoms with van der Waals surface area (Å²) >= 11 is 0. The average Bonchev–Trinajstić information content (AvgIpc) is 1.01. The molecular formula is C61H58F6N12O8S2.